The summed E-state index contributed by atoms with van der Waals surface area (Å²) in [5.74, 6) is 1.18. The number of nitrogens with zero attached hydrogens (tertiary/aromatic N) is 1. The van der Waals surface area contributed by atoms with E-state index < -0.39 is 0 Å². The maximum Gasteiger partial charge on any atom is 0.313 e. The first kappa shape index (κ1) is 23.5. The molecule has 1 unspecified atom stereocenters. The second-order valence-corrected chi connectivity index (χ2v) is 8.47. The van der Waals surface area contributed by atoms with Gasteiger partial charge in [0.25, 0.3) is 0 Å². The first-order valence-corrected chi connectivity index (χ1v) is 11.9. The number of aryl methyl sites for hydroxylation is 3. The molecule has 0 bridgehead atoms. The van der Waals surface area contributed by atoms with Gasteiger partial charge in [-0.3, -0.25) is 4.79 Å². The average Bonchev–Trinajstić information content (AvgIpc) is 3.32. The van der Waals surface area contributed by atoms with E-state index in [-0.39, 0.29) is 11.9 Å². The number of carbonyl (C=O) groups excluding carboxylic acids is 1. The quantitative estimate of drug-likeness (QED) is 0.255. The summed E-state index contributed by atoms with van der Waals surface area (Å²) in [7, 11) is 1.45. The Labute approximate surface area is 201 Å². The van der Waals surface area contributed by atoms with Crippen molar-refractivity contribution in [1.29, 1.82) is 0 Å². The molecule has 4 aromatic rings. The molecule has 0 aliphatic carbocycles. The van der Waals surface area contributed by atoms with Gasteiger partial charge < -0.3 is 9.15 Å². The topological polar surface area (TPSA) is 52.3 Å². The molecule has 4 heteroatoms. The summed E-state index contributed by atoms with van der Waals surface area (Å²) in [6.45, 7) is 2.11. The first-order chi connectivity index (χ1) is 16.7. The Kier molecular flexibility index (Phi) is 7.92. The molecule has 0 spiro atoms. The Morgan fingerprint density at radius 2 is 1.53 bits per heavy atom. The van der Waals surface area contributed by atoms with Gasteiger partial charge in [0.2, 0.25) is 5.89 Å². The predicted octanol–water partition coefficient (Wildman–Crippen LogP) is 6.58. The van der Waals surface area contributed by atoms with E-state index in [1.54, 1.807) is 0 Å². The lowest BCUT2D eigenvalue weighted by atomic mass is 9.91. The third-order valence-electron chi connectivity index (χ3n) is 6.15. The highest BCUT2D eigenvalue weighted by Crippen LogP contribution is 2.25. The minimum absolute atomic E-state index is 0.204. The van der Waals surface area contributed by atoms with Crippen LogP contribution in [0, 0.1) is 0 Å². The highest BCUT2D eigenvalue weighted by molar-refractivity contribution is 5.78. The van der Waals surface area contributed by atoms with Crippen molar-refractivity contribution in [2.45, 2.75) is 44.9 Å². The maximum atomic E-state index is 12.4. The summed E-state index contributed by atoms with van der Waals surface area (Å²) < 4.78 is 11.1. The SMILES string of the molecule is CCc1oc(-c2ccccc2)nc1CCCc1ccc(CC(C(=O)OC)c2ccccc2)cc1. The van der Waals surface area contributed by atoms with E-state index in [1.807, 2.05) is 60.7 Å². The summed E-state index contributed by atoms with van der Waals surface area (Å²) in [6, 6.07) is 28.4. The fourth-order valence-electron chi connectivity index (χ4n) is 4.26. The van der Waals surface area contributed by atoms with Crippen LogP contribution in [0.15, 0.2) is 89.3 Å². The molecule has 1 heterocycles. The van der Waals surface area contributed by atoms with Gasteiger partial charge in [0.05, 0.1) is 18.7 Å². The number of benzene rings is 3. The molecule has 3 aromatic carbocycles. The molecule has 0 amide bonds. The summed E-state index contributed by atoms with van der Waals surface area (Å²) in [5, 5.41) is 0. The Morgan fingerprint density at radius 1 is 0.882 bits per heavy atom. The zero-order valence-corrected chi connectivity index (χ0v) is 19.9. The van der Waals surface area contributed by atoms with Gasteiger partial charge in [-0.25, -0.2) is 4.98 Å². The van der Waals surface area contributed by atoms with Gasteiger partial charge in [-0.15, -0.1) is 0 Å². The Hall–Kier alpha value is -3.66. The summed E-state index contributed by atoms with van der Waals surface area (Å²) >= 11 is 0. The maximum absolute atomic E-state index is 12.4. The van der Waals surface area contributed by atoms with E-state index in [2.05, 4.69) is 31.2 Å². The van der Waals surface area contributed by atoms with Crippen molar-refractivity contribution < 1.29 is 13.9 Å². The van der Waals surface area contributed by atoms with Gasteiger partial charge in [0, 0.05) is 12.0 Å². The van der Waals surface area contributed by atoms with Gasteiger partial charge in [-0.1, -0.05) is 79.7 Å². The van der Waals surface area contributed by atoms with Crippen LogP contribution in [0.25, 0.3) is 11.5 Å². The van der Waals surface area contributed by atoms with E-state index in [0.29, 0.717) is 12.3 Å². The standard InChI is InChI=1S/C30H31NO3/c1-3-28-27(31-29(34-28)25-14-8-5-9-15-25)16-10-11-22-17-19-23(20-18-22)21-26(30(32)33-2)24-12-6-4-7-13-24/h4-9,12-15,17-20,26H,3,10-11,16,21H2,1-2H3. The van der Waals surface area contributed by atoms with Crippen LogP contribution in [-0.2, 0) is 35.2 Å². The van der Waals surface area contributed by atoms with Gasteiger partial charge in [-0.2, -0.15) is 0 Å². The monoisotopic (exact) mass is 453 g/mol. The molecule has 34 heavy (non-hydrogen) atoms. The first-order valence-electron chi connectivity index (χ1n) is 11.9. The highest BCUT2D eigenvalue weighted by Gasteiger charge is 2.21. The number of methoxy groups -OCH3 is 1. The third-order valence-corrected chi connectivity index (χ3v) is 6.15. The van der Waals surface area contributed by atoms with E-state index in [9.17, 15) is 4.79 Å². The van der Waals surface area contributed by atoms with Crippen LogP contribution in [0.1, 0.15) is 47.4 Å². The number of ether oxygens (including phenoxy) is 1. The molecular formula is C30H31NO3. The highest BCUT2D eigenvalue weighted by atomic mass is 16.5. The third kappa shape index (κ3) is 5.82. The van der Waals surface area contributed by atoms with Crippen molar-refractivity contribution >= 4 is 5.97 Å². The molecule has 4 nitrogen and oxygen atoms in total. The van der Waals surface area contributed by atoms with Gasteiger partial charge in [0.1, 0.15) is 5.76 Å². The van der Waals surface area contributed by atoms with Gasteiger partial charge in [0.15, 0.2) is 0 Å². The smallest absolute Gasteiger partial charge is 0.313 e. The molecule has 0 aliphatic heterocycles. The molecular weight excluding hydrogens is 422 g/mol. The molecule has 1 aromatic heterocycles. The van der Waals surface area contributed by atoms with Gasteiger partial charge in [-0.05, 0) is 54.5 Å². The molecule has 4 rings (SSSR count). The fraction of sp³-hybridized carbons (Fsp3) is 0.267. The Bertz CT molecular complexity index is 1180. The summed E-state index contributed by atoms with van der Waals surface area (Å²) in [6.07, 6.45) is 4.32. The fourth-order valence-corrected chi connectivity index (χ4v) is 4.26. The largest absolute Gasteiger partial charge is 0.469 e. The van der Waals surface area contributed by atoms with Crippen LogP contribution in [0.4, 0.5) is 0 Å². The summed E-state index contributed by atoms with van der Waals surface area (Å²) in [5.41, 5.74) is 5.46. The lowest BCUT2D eigenvalue weighted by molar-refractivity contribution is -0.142. The van der Waals surface area contributed by atoms with Crippen molar-refractivity contribution in [1.82, 2.24) is 4.98 Å². The van der Waals surface area contributed by atoms with Crippen molar-refractivity contribution in [3.8, 4) is 11.5 Å². The zero-order chi connectivity index (χ0) is 23.8. The number of rotatable bonds is 10. The number of hydrogen-bond donors (Lipinski definition) is 0. The average molecular weight is 454 g/mol. The van der Waals surface area contributed by atoms with Crippen LogP contribution in [0.3, 0.4) is 0 Å². The molecule has 0 saturated heterocycles. The van der Waals surface area contributed by atoms with Crippen LogP contribution < -0.4 is 0 Å². The molecule has 0 radical (unpaired) electrons. The number of oxazole rings is 1. The Balaban J connectivity index is 1.36. The van der Waals surface area contributed by atoms with Crippen LogP contribution in [-0.4, -0.2) is 18.1 Å². The zero-order valence-electron chi connectivity index (χ0n) is 19.9. The normalized spacial score (nSPS) is 11.8. The number of aromatic nitrogens is 1. The second-order valence-electron chi connectivity index (χ2n) is 8.47. The molecule has 0 saturated carbocycles. The molecule has 0 aliphatic rings. The minimum Gasteiger partial charge on any atom is -0.469 e. The van der Waals surface area contributed by atoms with Crippen molar-refractivity contribution in [3.63, 3.8) is 0 Å². The number of esters is 1. The lowest BCUT2D eigenvalue weighted by Gasteiger charge is -2.15. The number of hydrogen-bond acceptors (Lipinski definition) is 4. The van der Waals surface area contributed by atoms with Gasteiger partial charge >= 0.3 is 5.97 Å². The van der Waals surface area contributed by atoms with Crippen LogP contribution in [0.5, 0.6) is 0 Å². The van der Waals surface area contributed by atoms with Crippen molar-refractivity contribution in [2.75, 3.05) is 7.11 Å². The number of carbonyl (C=O) groups is 1. The predicted molar refractivity (Wildman–Crippen MR) is 135 cm³/mol. The van der Waals surface area contributed by atoms with Crippen LogP contribution >= 0.6 is 0 Å². The van der Waals surface area contributed by atoms with E-state index >= 15 is 0 Å². The molecule has 0 N–H and O–H groups in total. The van der Waals surface area contributed by atoms with Crippen molar-refractivity contribution in [2.24, 2.45) is 0 Å². The van der Waals surface area contributed by atoms with E-state index in [0.717, 1.165) is 53.8 Å². The summed E-state index contributed by atoms with van der Waals surface area (Å²) in [4.78, 5) is 17.1. The molecule has 174 valence electrons. The van der Waals surface area contributed by atoms with Crippen molar-refractivity contribution in [3.05, 3.63) is 113 Å². The van der Waals surface area contributed by atoms with Crippen LogP contribution in [0.2, 0.25) is 0 Å². The Morgan fingerprint density at radius 3 is 2.18 bits per heavy atom. The molecule has 0 fully saturated rings. The molecule has 1 atom stereocenters. The van der Waals surface area contributed by atoms with E-state index in [4.69, 9.17) is 14.1 Å². The van der Waals surface area contributed by atoms with E-state index in [1.165, 1.54) is 12.7 Å². The lowest BCUT2D eigenvalue weighted by Crippen LogP contribution is -2.16. The second kappa shape index (κ2) is 11.5. The minimum atomic E-state index is -0.296.